The Bertz CT molecular complexity index is 802. The fourth-order valence-electron chi connectivity index (χ4n) is 2.28. The lowest BCUT2D eigenvalue weighted by Gasteiger charge is -2.15. The van der Waals surface area contributed by atoms with Crippen molar-refractivity contribution in [1.29, 1.82) is 0 Å². The number of carbonyl (C=O) groups is 2. The summed E-state index contributed by atoms with van der Waals surface area (Å²) in [6.45, 7) is 5.24. The third kappa shape index (κ3) is 4.23. The molecule has 0 bridgehead atoms. The molecule has 0 fully saturated rings. The Morgan fingerprint density at radius 3 is 2.40 bits per heavy atom. The van der Waals surface area contributed by atoms with Crippen LogP contribution in [0.3, 0.4) is 0 Å². The Morgan fingerprint density at radius 2 is 1.80 bits per heavy atom. The summed E-state index contributed by atoms with van der Waals surface area (Å²) >= 11 is 0. The first-order valence-electron chi connectivity index (χ1n) is 7.51. The molecule has 1 aliphatic carbocycles. The highest BCUT2D eigenvalue weighted by molar-refractivity contribution is 6.21. The highest BCUT2D eigenvalue weighted by Gasteiger charge is 2.35. The molecule has 0 N–H and O–H groups in total. The average molecular weight is 351 g/mol. The number of rotatable bonds is 3. The average Bonchev–Trinajstić information content (AvgIpc) is 2.52. The smallest absolute Gasteiger partial charge is 0.312 e. The fourth-order valence-corrected chi connectivity index (χ4v) is 2.28. The van der Waals surface area contributed by atoms with Gasteiger partial charge >= 0.3 is 12.1 Å². The van der Waals surface area contributed by atoms with E-state index in [0.29, 0.717) is 11.1 Å². The molecule has 1 aromatic rings. The maximum absolute atomic E-state index is 12.9. The van der Waals surface area contributed by atoms with Crippen molar-refractivity contribution >= 4 is 17.5 Å². The van der Waals surface area contributed by atoms with E-state index in [0.717, 1.165) is 12.1 Å². The van der Waals surface area contributed by atoms with Crippen LogP contribution >= 0.6 is 0 Å². The lowest BCUT2D eigenvalue weighted by molar-refractivity contribution is -0.138. The van der Waals surface area contributed by atoms with Crippen LogP contribution in [0.2, 0.25) is 0 Å². The number of halogens is 3. The topological polar surface area (TPSA) is 55.7 Å². The molecule has 1 aromatic carbocycles. The highest BCUT2D eigenvalue weighted by atomic mass is 19.4. The minimum Gasteiger partial charge on any atom is -0.312 e. The van der Waals surface area contributed by atoms with E-state index in [-0.39, 0.29) is 17.4 Å². The van der Waals surface area contributed by atoms with Crippen LogP contribution in [0.5, 0.6) is 0 Å². The molecule has 0 aromatic heterocycles. The predicted octanol–water partition coefficient (Wildman–Crippen LogP) is 4.33. The number of benzene rings is 1. The zero-order valence-electron chi connectivity index (χ0n) is 13.8. The number of hydrogen-bond donors (Lipinski definition) is 0. The zero-order chi connectivity index (χ0) is 18.8. The summed E-state index contributed by atoms with van der Waals surface area (Å²) < 4.78 is 38.8. The van der Waals surface area contributed by atoms with E-state index in [1.54, 1.807) is 6.92 Å². The van der Waals surface area contributed by atoms with Gasteiger partial charge in [-0.25, -0.2) is 4.79 Å². The van der Waals surface area contributed by atoms with Gasteiger partial charge in [-0.2, -0.15) is 13.2 Å². The summed E-state index contributed by atoms with van der Waals surface area (Å²) in [6, 6.07) is 4.31. The Labute approximate surface area is 142 Å². The van der Waals surface area contributed by atoms with Gasteiger partial charge in [-0.3, -0.25) is 4.79 Å². The molecule has 132 valence electrons. The van der Waals surface area contributed by atoms with Crippen molar-refractivity contribution in [2.24, 2.45) is 11.1 Å². The van der Waals surface area contributed by atoms with Crippen molar-refractivity contribution in [3.8, 4) is 0 Å². The Hall–Kier alpha value is -2.70. The van der Waals surface area contributed by atoms with Crippen LogP contribution in [0.1, 0.15) is 36.7 Å². The molecule has 4 nitrogen and oxygen atoms in total. The first-order chi connectivity index (χ1) is 11.6. The summed E-state index contributed by atoms with van der Waals surface area (Å²) in [4.78, 5) is 28.6. The van der Waals surface area contributed by atoms with Crippen molar-refractivity contribution in [1.82, 2.24) is 0 Å². The molecular weight excluding hydrogens is 335 g/mol. The lowest BCUT2D eigenvalue weighted by atomic mass is 9.90. The molecule has 0 saturated carbocycles. The second-order valence-electron chi connectivity index (χ2n) is 5.84. The number of oxime groups is 1. The Kier molecular flexibility index (Phi) is 5.25. The van der Waals surface area contributed by atoms with Crippen LogP contribution in [-0.2, 0) is 15.8 Å². The minimum atomic E-state index is -4.68. The van der Waals surface area contributed by atoms with E-state index >= 15 is 0 Å². The number of ketones is 1. The van der Waals surface area contributed by atoms with E-state index in [2.05, 4.69) is 9.99 Å². The van der Waals surface area contributed by atoms with Gasteiger partial charge in [0.2, 0.25) is 0 Å². The van der Waals surface area contributed by atoms with Crippen LogP contribution < -0.4 is 0 Å². The third-order valence-corrected chi connectivity index (χ3v) is 3.63. The van der Waals surface area contributed by atoms with Gasteiger partial charge in [-0.1, -0.05) is 31.1 Å². The van der Waals surface area contributed by atoms with Gasteiger partial charge in [0.05, 0.1) is 11.1 Å². The van der Waals surface area contributed by atoms with Crippen LogP contribution in [0.4, 0.5) is 13.2 Å². The Morgan fingerprint density at radius 1 is 1.16 bits per heavy atom. The second-order valence-corrected chi connectivity index (χ2v) is 5.84. The molecule has 0 unspecified atom stereocenters. The predicted molar refractivity (Wildman–Crippen MR) is 86.0 cm³/mol. The molecule has 25 heavy (non-hydrogen) atoms. The number of carbonyl (C=O) groups excluding carboxylic acids is 2. The normalized spacial score (nSPS) is 16.8. The number of allylic oxidation sites excluding steroid dienone is 4. The van der Waals surface area contributed by atoms with Gasteiger partial charge in [0, 0.05) is 5.57 Å². The monoisotopic (exact) mass is 351 g/mol. The molecule has 0 spiro atoms. The Balaban J connectivity index is 2.29. The SMILES string of the molecule is CC1=CC(=O)C(C(C)C)=C/C1=N/OC(=O)c1ccccc1C(F)(F)F. The van der Waals surface area contributed by atoms with Crippen LogP contribution in [-0.4, -0.2) is 17.5 Å². The van der Waals surface area contributed by atoms with E-state index in [9.17, 15) is 22.8 Å². The molecule has 0 heterocycles. The molecule has 2 rings (SSSR count). The third-order valence-electron chi connectivity index (χ3n) is 3.63. The molecule has 0 atom stereocenters. The van der Waals surface area contributed by atoms with E-state index in [1.807, 2.05) is 13.8 Å². The molecule has 0 radical (unpaired) electrons. The van der Waals surface area contributed by atoms with Gasteiger partial charge in [0.25, 0.3) is 0 Å². The standard InChI is InChI=1S/C18H16F3NO3/c1-10(2)13-9-15(11(3)8-16(13)23)22-25-17(24)12-6-4-5-7-14(12)18(19,20)21/h4-10H,1-3H3/b22-15-. The quantitative estimate of drug-likeness (QED) is 0.463. The summed E-state index contributed by atoms with van der Waals surface area (Å²) in [5.74, 6) is -1.45. The fraction of sp³-hybridized carbons (Fsp3) is 0.278. The van der Waals surface area contributed by atoms with E-state index in [1.165, 1.54) is 24.3 Å². The summed E-state index contributed by atoms with van der Waals surface area (Å²) in [6.07, 6.45) is -1.85. The first-order valence-corrected chi connectivity index (χ1v) is 7.51. The molecule has 0 saturated heterocycles. The number of hydrogen-bond acceptors (Lipinski definition) is 4. The maximum Gasteiger partial charge on any atom is 0.417 e. The van der Waals surface area contributed by atoms with Crippen molar-refractivity contribution in [2.45, 2.75) is 26.9 Å². The lowest BCUT2D eigenvalue weighted by Crippen LogP contribution is -2.17. The maximum atomic E-state index is 12.9. The van der Waals surface area contributed by atoms with Gasteiger partial charge in [-0.15, -0.1) is 0 Å². The second kappa shape index (κ2) is 7.04. The van der Waals surface area contributed by atoms with Crippen LogP contribution in [0.15, 0.2) is 52.7 Å². The molecule has 1 aliphatic rings. The van der Waals surface area contributed by atoms with E-state index in [4.69, 9.17) is 0 Å². The van der Waals surface area contributed by atoms with Gasteiger partial charge in [0.15, 0.2) is 5.78 Å². The summed E-state index contributed by atoms with van der Waals surface area (Å²) in [5.41, 5.74) is -0.547. The van der Waals surface area contributed by atoms with Crippen LogP contribution in [0, 0.1) is 5.92 Å². The molecule has 7 heteroatoms. The van der Waals surface area contributed by atoms with Gasteiger partial charge in [0.1, 0.15) is 5.71 Å². The zero-order valence-corrected chi connectivity index (χ0v) is 13.8. The summed E-state index contributed by atoms with van der Waals surface area (Å²) in [7, 11) is 0. The molecule has 0 aliphatic heterocycles. The molecular formula is C18H16F3NO3. The first kappa shape index (κ1) is 18.6. The number of nitrogens with zero attached hydrogens (tertiary/aromatic N) is 1. The van der Waals surface area contributed by atoms with Crippen molar-refractivity contribution < 1.29 is 27.6 Å². The van der Waals surface area contributed by atoms with Crippen LogP contribution in [0.25, 0.3) is 0 Å². The van der Waals surface area contributed by atoms with E-state index < -0.39 is 23.3 Å². The molecule has 0 amide bonds. The minimum absolute atomic E-state index is 0.0660. The van der Waals surface area contributed by atoms with Crippen molar-refractivity contribution in [3.05, 3.63) is 58.7 Å². The largest absolute Gasteiger partial charge is 0.417 e. The van der Waals surface area contributed by atoms with Crippen molar-refractivity contribution in [2.75, 3.05) is 0 Å². The van der Waals surface area contributed by atoms with Gasteiger partial charge < -0.3 is 4.84 Å². The summed E-state index contributed by atoms with van der Waals surface area (Å²) in [5, 5.41) is 3.63. The number of alkyl halides is 3. The van der Waals surface area contributed by atoms with Crippen molar-refractivity contribution in [3.63, 3.8) is 0 Å². The highest BCUT2D eigenvalue weighted by Crippen LogP contribution is 2.32. The van der Waals surface area contributed by atoms with Gasteiger partial charge in [-0.05, 0) is 42.7 Å².